The first-order valence-electron chi connectivity index (χ1n) is 8.16. The van der Waals surface area contributed by atoms with E-state index < -0.39 is 5.41 Å². The number of nitrogens with one attached hydrogen (secondary N) is 1. The highest BCUT2D eigenvalue weighted by molar-refractivity contribution is 7.12. The number of rotatable bonds is 2. The molecule has 0 aliphatic carbocycles. The maximum absolute atomic E-state index is 12.8. The Morgan fingerprint density at radius 2 is 2.00 bits per heavy atom. The van der Waals surface area contributed by atoms with E-state index in [9.17, 15) is 9.59 Å². The van der Waals surface area contributed by atoms with Crippen LogP contribution in [0.2, 0.25) is 0 Å². The maximum atomic E-state index is 12.8. The zero-order valence-electron chi connectivity index (χ0n) is 14.3. The first-order chi connectivity index (χ1) is 11.4. The minimum atomic E-state index is -0.456. The van der Waals surface area contributed by atoms with Crippen LogP contribution in [0.1, 0.15) is 42.4 Å². The minimum absolute atomic E-state index is 0.0326. The van der Waals surface area contributed by atoms with Crippen molar-refractivity contribution in [2.75, 3.05) is 16.8 Å². The highest BCUT2D eigenvalue weighted by atomic mass is 32.1. The topological polar surface area (TPSA) is 49.4 Å². The van der Waals surface area contributed by atoms with E-state index in [2.05, 4.69) is 5.32 Å². The lowest BCUT2D eigenvalue weighted by molar-refractivity contribution is -0.123. The molecule has 0 atom stereocenters. The summed E-state index contributed by atoms with van der Waals surface area (Å²) in [5, 5.41) is 4.87. The Morgan fingerprint density at radius 1 is 1.21 bits per heavy atom. The molecule has 1 aliphatic heterocycles. The van der Waals surface area contributed by atoms with Gasteiger partial charge in [0.2, 0.25) is 5.91 Å². The molecule has 4 nitrogen and oxygen atoms in total. The second-order valence-electron chi connectivity index (χ2n) is 7.09. The van der Waals surface area contributed by atoms with Gasteiger partial charge in [0.05, 0.1) is 4.88 Å². The van der Waals surface area contributed by atoms with E-state index in [1.165, 1.54) is 11.3 Å². The van der Waals surface area contributed by atoms with E-state index in [4.69, 9.17) is 0 Å². The summed E-state index contributed by atoms with van der Waals surface area (Å²) in [5.74, 6) is -0.000333. The van der Waals surface area contributed by atoms with Crippen LogP contribution in [0, 0.1) is 5.41 Å². The van der Waals surface area contributed by atoms with Crippen LogP contribution in [-0.2, 0) is 11.2 Å². The maximum Gasteiger partial charge on any atom is 0.268 e. The number of nitrogens with zero attached hydrogens (tertiary/aromatic N) is 1. The van der Waals surface area contributed by atoms with Gasteiger partial charge in [-0.25, -0.2) is 0 Å². The second-order valence-corrected chi connectivity index (χ2v) is 8.03. The Kier molecular flexibility index (Phi) is 4.45. The van der Waals surface area contributed by atoms with Gasteiger partial charge in [-0.05, 0) is 42.0 Å². The van der Waals surface area contributed by atoms with E-state index in [0.29, 0.717) is 6.54 Å². The fraction of sp³-hybridized carbons (Fsp3) is 0.368. The van der Waals surface area contributed by atoms with E-state index in [-0.39, 0.29) is 11.8 Å². The van der Waals surface area contributed by atoms with Crippen LogP contribution < -0.4 is 10.2 Å². The summed E-state index contributed by atoms with van der Waals surface area (Å²) in [6, 6.07) is 9.60. The summed E-state index contributed by atoms with van der Waals surface area (Å²) in [6.45, 7) is 6.36. The van der Waals surface area contributed by atoms with Crippen LogP contribution in [0.5, 0.6) is 0 Å². The molecule has 3 rings (SSSR count). The van der Waals surface area contributed by atoms with E-state index >= 15 is 0 Å². The van der Waals surface area contributed by atoms with Gasteiger partial charge in [-0.3, -0.25) is 9.59 Å². The predicted molar refractivity (Wildman–Crippen MR) is 98.8 cm³/mol. The number of fused-ring (bicyclic) bond motifs is 1. The molecule has 2 aromatic rings. The third-order valence-electron chi connectivity index (χ3n) is 4.12. The number of carbonyl (C=O) groups excluding carboxylic acids is 2. The molecule has 0 fully saturated rings. The van der Waals surface area contributed by atoms with Gasteiger partial charge in [-0.15, -0.1) is 11.3 Å². The van der Waals surface area contributed by atoms with Crippen LogP contribution in [0.15, 0.2) is 35.7 Å². The number of hydrogen-bond donors (Lipinski definition) is 1. The van der Waals surface area contributed by atoms with E-state index in [1.807, 2.05) is 61.4 Å². The third-order valence-corrected chi connectivity index (χ3v) is 4.98. The molecule has 0 saturated carbocycles. The smallest absolute Gasteiger partial charge is 0.268 e. The summed E-state index contributed by atoms with van der Waals surface area (Å²) in [4.78, 5) is 27.6. The molecule has 0 bridgehead atoms. The number of amides is 2. The van der Waals surface area contributed by atoms with Crippen molar-refractivity contribution in [2.24, 2.45) is 5.41 Å². The standard InChI is InChI=1S/C19H22N2O2S/c1-19(2,3)18(23)20-14-9-8-13-6-4-10-21(15(13)12-14)17(22)16-7-5-11-24-16/h5,7-9,11-12H,4,6,10H2,1-3H3,(H,20,23). The molecule has 24 heavy (non-hydrogen) atoms. The molecule has 1 N–H and O–H groups in total. The van der Waals surface area contributed by atoms with Crippen LogP contribution in [0.4, 0.5) is 11.4 Å². The quantitative estimate of drug-likeness (QED) is 0.883. The SMILES string of the molecule is CC(C)(C)C(=O)Nc1ccc2c(c1)N(C(=O)c1cccs1)CCC2. The van der Waals surface area contributed by atoms with Crippen molar-refractivity contribution in [3.8, 4) is 0 Å². The molecular formula is C19H22N2O2S. The molecule has 2 amide bonds. The lowest BCUT2D eigenvalue weighted by Crippen LogP contribution is -2.35. The lowest BCUT2D eigenvalue weighted by atomic mass is 9.95. The van der Waals surface area contributed by atoms with Gasteiger partial charge in [-0.2, -0.15) is 0 Å². The van der Waals surface area contributed by atoms with Gasteiger partial charge in [0, 0.05) is 23.3 Å². The van der Waals surface area contributed by atoms with Gasteiger partial charge >= 0.3 is 0 Å². The summed E-state index contributed by atoms with van der Waals surface area (Å²) in [6.07, 6.45) is 1.91. The monoisotopic (exact) mass is 342 g/mol. The van der Waals surface area contributed by atoms with Gasteiger partial charge in [0.15, 0.2) is 0 Å². The van der Waals surface area contributed by atoms with E-state index in [0.717, 1.165) is 34.7 Å². The van der Waals surface area contributed by atoms with Crippen LogP contribution in [0.3, 0.4) is 0 Å². The fourth-order valence-corrected chi connectivity index (χ4v) is 3.39. The average Bonchev–Trinajstić information content (AvgIpc) is 3.07. The Hall–Kier alpha value is -2.14. The van der Waals surface area contributed by atoms with Crippen LogP contribution in [-0.4, -0.2) is 18.4 Å². The summed E-state index contributed by atoms with van der Waals surface area (Å²) >= 11 is 1.46. The molecule has 0 saturated heterocycles. The van der Waals surface area contributed by atoms with Crippen LogP contribution >= 0.6 is 11.3 Å². The zero-order valence-corrected chi connectivity index (χ0v) is 15.1. The second kappa shape index (κ2) is 6.40. The van der Waals surface area contributed by atoms with Crippen molar-refractivity contribution in [2.45, 2.75) is 33.6 Å². The largest absolute Gasteiger partial charge is 0.326 e. The molecule has 1 aromatic carbocycles. The van der Waals surface area contributed by atoms with Crippen LogP contribution in [0.25, 0.3) is 0 Å². The summed E-state index contributed by atoms with van der Waals surface area (Å²) in [5.41, 5.74) is 2.34. The molecule has 5 heteroatoms. The number of hydrogen-bond acceptors (Lipinski definition) is 3. The number of aryl methyl sites for hydroxylation is 1. The van der Waals surface area contributed by atoms with Gasteiger partial charge < -0.3 is 10.2 Å². The highest BCUT2D eigenvalue weighted by Gasteiger charge is 2.26. The molecular weight excluding hydrogens is 320 g/mol. The molecule has 0 spiro atoms. The molecule has 1 aromatic heterocycles. The lowest BCUT2D eigenvalue weighted by Gasteiger charge is -2.30. The Labute approximate surface area is 146 Å². The fourth-order valence-electron chi connectivity index (χ4n) is 2.72. The van der Waals surface area contributed by atoms with Gasteiger partial charge in [-0.1, -0.05) is 32.9 Å². The van der Waals surface area contributed by atoms with Crippen molar-refractivity contribution in [1.82, 2.24) is 0 Å². The number of benzene rings is 1. The van der Waals surface area contributed by atoms with Crippen molar-refractivity contribution in [1.29, 1.82) is 0 Å². The number of carbonyl (C=O) groups is 2. The Morgan fingerprint density at radius 3 is 2.67 bits per heavy atom. The summed E-state index contributed by atoms with van der Waals surface area (Å²) in [7, 11) is 0. The molecule has 2 heterocycles. The minimum Gasteiger partial charge on any atom is -0.326 e. The molecule has 0 unspecified atom stereocenters. The first-order valence-corrected chi connectivity index (χ1v) is 9.04. The molecule has 0 radical (unpaired) electrons. The van der Waals surface area contributed by atoms with E-state index in [1.54, 1.807) is 0 Å². The van der Waals surface area contributed by atoms with Crippen molar-refractivity contribution in [3.63, 3.8) is 0 Å². The predicted octanol–water partition coefficient (Wildman–Crippen LogP) is 4.33. The van der Waals surface area contributed by atoms with Crippen molar-refractivity contribution in [3.05, 3.63) is 46.2 Å². The van der Waals surface area contributed by atoms with Crippen molar-refractivity contribution < 1.29 is 9.59 Å². The Balaban J connectivity index is 1.90. The highest BCUT2D eigenvalue weighted by Crippen LogP contribution is 2.32. The molecule has 126 valence electrons. The van der Waals surface area contributed by atoms with Gasteiger partial charge in [0.25, 0.3) is 5.91 Å². The first kappa shape index (κ1) is 16.7. The number of anilines is 2. The van der Waals surface area contributed by atoms with Crippen molar-refractivity contribution >= 4 is 34.5 Å². The normalized spacial score (nSPS) is 14.2. The number of thiophene rings is 1. The third kappa shape index (κ3) is 3.36. The van der Waals surface area contributed by atoms with Gasteiger partial charge in [0.1, 0.15) is 0 Å². The Bertz CT molecular complexity index is 760. The average molecular weight is 342 g/mol. The zero-order chi connectivity index (χ0) is 17.3. The molecule has 1 aliphatic rings. The summed E-state index contributed by atoms with van der Waals surface area (Å²) < 4.78 is 0.